The van der Waals surface area contributed by atoms with E-state index in [1.54, 1.807) is 0 Å². The third kappa shape index (κ3) is 2.71. The molecule has 1 aromatic rings. The molecule has 15 heavy (non-hydrogen) atoms. The average molecular weight is 206 g/mol. The molecule has 0 saturated heterocycles. The van der Waals surface area contributed by atoms with Crippen LogP contribution in [0.1, 0.15) is 37.1 Å². The highest BCUT2D eigenvalue weighted by atomic mass is 15.2. The van der Waals surface area contributed by atoms with Crippen molar-refractivity contribution in [1.29, 1.82) is 0 Å². The van der Waals surface area contributed by atoms with E-state index in [9.17, 15) is 0 Å². The van der Waals surface area contributed by atoms with Gasteiger partial charge in [-0.15, -0.1) is 0 Å². The minimum Gasteiger partial charge on any atom is -0.357 e. The van der Waals surface area contributed by atoms with Crippen LogP contribution in [0.25, 0.3) is 0 Å². The van der Waals surface area contributed by atoms with E-state index in [-0.39, 0.29) is 0 Å². The van der Waals surface area contributed by atoms with Crippen LogP contribution in [0.15, 0.2) is 6.07 Å². The summed E-state index contributed by atoms with van der Waals surface area (Å²) < 4.78 is 0. The quantitative estimate of drug-likeness (QED) is 0.752. The number of pyridine rings is 1. The van der Waals surface area contributed by atoms with Gasteiger partial charge in [0.25, 0.3) is 0 Å². The molecule has 0 aromatic carbocycles. The molecule has 0 fully saturated rings. The summed E-state index contributed by atoms with van der Waals surface area (Å²) in [4.78, 5) is 7.04. The lowest BCUT2D eigenvalue weighted by atomic mass is 10.1. The molecule has 84 valence electrons. The molecule has 0 aliphatic carbocycles. The Morgan fingerprint density at radius 3 is 2.33 bits per heavy atom. The summed E-state index contributed by atoms with van der Waals surface area (Å²) in [5.74, 6) is 1.16. The van der Waals surface area contributed by atoms with Crippen molar-refractivity contribution in [2.45, 2.75) is 41.0 Å². The van der Waals surface area contributed by atoms with E-state index >= 15 is 0 Å². The highest BCUT2D eigenvalue weighted by Crippen LogP contribution is 2.20. The van der Waals surface area contributed by atoms with E-state index in [0.717, 1.165) is 24.6 Å². The summed E-state index contributed by atoms with van der Waals surface area (Å²) >= 11 is 0. The predicted octanol–water partition coefficient (Wildman–Crippen LogP) is 3.24. The zero-order valence-corrected chi connectivity index (χ0v) is 10.6. The van der Waals surface area contributed by atoms with Gasteiger partial charge in [-0.25, -0.2) is 4.98 Å². The van der Waals surface area contributed by atoms with E-state index in [0.29, 0.717) is 0 Å². The van der Waals surface area contributed by atoms with E-state index in [2.05, 4.69) is 50.6 Å². The number of nitrogens with zero attached hydrogens (tertiary/aromatic N) is 2. The summed E-state index contributed by atoms with van der Waals surface area (Å²) in [6.07, 6.45) is 1.17. The van der Waals surface area contributed by atoms with E-state index in [4.69, 9.17) is 0 Å². The van der Waals surface area contributed by atoms with Crippen molar-refractivity contribution < 1.29 is 0 Å². The van der Waals surface area contributed by atoms with Crippen molar-refractivity contribution in [3.8, 4) is 0 Å². The van der Waals surface area contributed by atoms with Crippen LogP contribution in [0, 0.1) is 20.8 Å². The van der Waals surface area contributed by atoms with Crippen LogP contribution < -0.4 is 4.90 Å². The average Bonchev–Trinajstić information content (AvgIpc) is 2.20. The molecule has 0 spiro atoms. The Kier molecular flexibility index (Phi) is 4.13. The number of hydrogen-bond acceptors (Lipinski definition) is 2. The monoisotopic (exact) mass is 206 g/mol. The fourth-order valence-electron chi connectivity index (χ4n) is 1.83. The van der Waals surface area contributed by atoms with Crippen LogP contribution in [-0.2, 0) is 0 Å². The maximum atomic E-state index is 4.69. The first-order valence-electron chi connectivity index (χ1n) is 5.79. The summed E-state index contributed by atoms with van der Waals surface area (Å²) in [7, 11) is 0. The maximum absolute atomic E-state index is 4.69. The second-order valence-electron chi connectivity index (χ2n) is 4.11. The van der Waals surface area contributed by atoms with Crippen molar-refractivity contribution in [3.05, 3.63) is 22.9 Å². The van der Waals surface area contributed by atoms with Gasteiger partial charge in [0.1, 0.15) is 5.82 Å². The Morgan fingerprint density at radius 2 is 1.80 bits per heavy atom. The highest BCUT2D eigenvalue weighted by molar-refractivity contribution is 5.48. The number of anilines is 1. The molecule has 1 heterocycles. The zero-order valence-electron chi connectivity index (χ0n) is 10.6. The number of aromatic nitrogens is 1. The second-order valence-corrected chi connectivity index (χ2v) is 4.11. The van der Waals surface area contributed by atoms with Crippen molar-refractivity contribution in [2.24, 2.45) is 0 Å². The molecule has 0 radical (unpaired) electrons. The lowest BCUT2D eigenvalue weighted by molar-refractivity contribution is 0.772. The smallest absolute Gasteiger partial charge is 0.131 e. The molecule has 0 aliphatic rings. The van der Waals surface area contributed by atoms with Crippen LogP contribution in [0.5, 0.6) is 0 Å². The molecular weight excluding hydrogens is 184 g/mol. The normalized spacial score (nSPS) is 10.5. The summed E-state index contributed by atoms with van der Waals surface area (Å²) in [5, 5.41) is 0. The number of hydrogen-bond donors (Lipinski definition) is 0. The van der Waals surface area contributed by atoms with Crippen LogP contribution in [-0.4, -0.2) is 18.1 Å². The van der Waals surface area contributed by atoms with Crippen molar-refractivity contribution >= 4 is 5.82 Å². The molecule has 0 aliphatic heterocycles. The van der Waals surface area contributed by atoms with Gasteiger partial charge in [-0.2, -0.15) is 0 Å². The van der Waals surface area contributed by atoms with Gasteiger partial charge in [-0.05, 0) is 45.2 Å². The molecule has 1 aromatic heterocycles. The van der Waals surface area contributed by atoms with Gasteiger partial charge in [-0.1, -0.05) is 13.0 Å². The van der Waals surface area contributed by atoms with Gasteiger partial charge >= 0.3 is 0 Å². The molecule has 1 rings (SSSR count). The summed E-state index contributed by atoms with van der Waals surface area (Å²) in [5.41, 5.74) is 3.71. The Bertz CT molecular complexity index is 332. The molecule has 2 nitrogen and oxygen atoms in total. The predicted molar refractivity (Wildman–Crippen MR) is 66.6 cm³/mol. The summed E-state index contributed by atoms with van der Waals surface area (Å²) in [6.45, 7) is 12.9. The topological polar surface area (TPSA) is 16.1 Å². The SMILES string of the molecule is CCCN(CC)c1nc(C)c(C)cc1C. The van der Waals surface area contributed by atoms with Crippen molar-refractivity contribution in [2.75, 3.05) is 18.0 Å². The maximum Gasteiger partial charge on any atom is 0.131 e. The minimum absolute atomic E-state index is 1.03. The summed E-state index contributed by atoms with van der Waals surface area (Å²) in [6, 6.07) is 2.23. The van der Waals surface area contributed by atoms with E-state index < -0.39 is 0 Å². The molecular formula is C13H22N2. The third-order valence-electron chi connectivity index (χ3n) is 2.80. The van der Waals surface area contributed by atoms with Gasteiger partial charge in [-0.3, -0.25) is 0 Å². The molecule has 0 amide bonds. The number of aryl methyl sites for hydroxylation is 3. The van der Waals surface area contributed by atoms with Gasteiger partial charge in [0, 0.05) is 18.8 Å². The zero-order chi connectivity index (χ0) is 11.4. The first kappa shape index (κ1) is 12.0. The number of rotatable bonds is 4. The first-order chi connectivity index (χ1) is 7.10. The fraction of sp³-hybridized carbons (Fsp3) is 0.615. The Hall–Kier alpha value is -1.05. The van der Waals surface area contributed by atoms with Crippen LogP contribution in [0.3, 0.4) is 0 Å². The van der Waals surface area contributed by atoms with Gasteiger partial charge in [0.05, 0.1) is 0 Å². The Balaban J connectivity index is 3.06. The first-order valence-corrected chi connectivity index (χ1v) is 5.79. The van der Waals surface area contributed by atoms with Gasteiger partial charge < -0.3 is 4.90 Å². The van der Waals surface area contributed by atoms with Gasteiger partial charge in [0.2, 0.25) is 0 Å². The van der Waals surface area contributed by atoms with Gasteiger partial charge in [0.15, 0.2) is 0 Å². The lowest BCUT2D eigenvalue weighted by Gasteiger charge is -2.24. The molecule has 0 unspecified atom stereocenters. The van der Waals surface area contributed by atoms with E-state index in [1.165, 1.54) is 17.5 Å². The van der Waals surface area contributed by atoms with Crippen molar-refractivity contribution in [3.63, 3.8) is 0 Å². The Morgan fingerprint density at radius 1 is 1.13 bits per heavy atom. The van der Waals surface area contributed by atoms with Crippen LogP contribution >= 0.6 is 0 Å². The largest absolute Gasteiger partial charge is 0.357 e. The molecule has 0 bridgehead atoms. The molecule has 0 N–H and O–H groups in total. The lowest BCUT2D eigenvalue weighted by Crippen LogP contribution is -2.25. The fourth-order valence-corrected chi connectivity index (χ4v) is 1.83. The molecule has 0 atom stereocenters. The van der Waals surface area contributed by atoms with Crippen LogP contribution in [0.4, 0.5) is 5.82 Å². The standard InChI is InChI=1S/C13H22N2/c1-6-8-15(7-2)13-11(4)9-10(3)12(5)14-13/h9H,6-8H2,1-5H3. The second kappa shape index (κ2) is 5.15. The van der Waals surface area contributed by atoms with Crippen LogP contribution in [0.2, 0.25) is 0 Å². The van der Waals surface area contributed by atoms with Crippen molar-refractivity contribution in [1.82, 2.24) is 4.98 Å². The van der Waals surface area contributed by atoms with E-state index in [1.807, 2.05) is 0 Å². The highest BCUT2D eigenvalue weighted by Gasteiger charge is 2.09. The Labute approximate surface area is 93.3 Å². The minimum atomic E-state index is 1.03. The molecule has 0 saturated carbocycles. The third-order valence-corrected chi connectivity index (χ3v) is 2.80. The molecule has 2 heteroatoms.